The van der Waals surface area contributed by atoms with Gasteiger partial charge in [0.2, 0.25) is 5.91 Å². The molecule has 1 N–H and O–H groups in total. The molecule has 1 fully saturated rings. The summed E-state index contributed by atoms with van der Waals surface area (Å²) in [4.78, 5) is 26.5. The van der Waals surface area contributed by atoms with Gasteiger partial charge in [-0.1, -0.05) is 12.1 Å². The first kappa shape index (κ1) is 11.1. The first-order valence-electron chi connectivity index (χ1n) is 5.97. The Kier molecular flexibility index (Phi) is 2.29. The SMILES string of the molecule is CN1CC(c2ccc3c(c2)CC(=O)N3)N(C)C1=O. The molecule has 0 aliphatic carbocycles. The molecule has 94 valence electrons. The Hall–Kier alpha value is -2.04. The van der Waals surface area contributed by atoms with E-state index in [0.717, 1.165) is 16.8 Å². The van der Waals surface area contributed by atoms with Crippen molar-refractivity contribution in [3.05, 3.63) is 29.3 Å². The van der Waals surface area contributed by atoms with E-state index in [1.54, 1.807) is 16.8 Å². The fourth-order valence-electron chi connectivity index (χ4n) is 2.65. The molecule has 18 heavy (non-hydrogen) atoms. The third-order valence-corrected chi connectivity index (χ3v) is 3.68. The van der Waals surface area contributed by atoms with Crippen molar-refractivity contribution in [1.29, 1.82) is 0 Å². The standard InChI is InChI=1S/C13H15N3O2/c1-15-7-11(16(2)13(15)18)8-3-4-10-9(5-8)6-12(17)14-10/h3-5,11H,6-7H2,1-2H3,(H,14,17). The van der Waals surface area contributed by atoms with Gasteiger partial charge < -0.3 is 15.1 Å². The zero-order chi connectivity index (χ0) is 12.9. The molecule has 5 heteroatoms. The summed E-state index contributed by atoms with van der Waals surface area (Å²) in [5.74, 6) is 0.0371. The summed E-state index contributed by atoms with van der Waals surface area (Å²) < 4.78 is 0. The van der Waals surface area contributed by atoms with E-state index in [0.29, 0.717) is 13.0 Å². The van der Waals surface area contributed by atoms with Crippen LogP contribution in [0.15, 0.2) is 18.2 Å². The Bertz CT molecular complexity index is 541. The number of amides is 3. The summed E-state index contributed by atoms with van der Waals surface area (Å²) in [6, 6.07) is 6.05. The molecule has 0 spiro atoms. The number of benzene rings is 1. The second-order valence-electron chi connectivity index (χ2n) is 4.93. The van der Waals surface area contributed by atoms with E-state index >= 15 is 0 Å². The highest BCUT2D eigenvalue weighted by Crippen LogP contribution is 2.31. The van der Waals surface area contributed by atoms with Crippen molar-refractivity contribution in [3.8, 4) is 0 Å². The maximum atomic E-state index is 11.8. The molecular formula is C13H15N3O2. The Morgan fingerprint density at radius 1 is 1.28 bits per heavy atom. The number of fused-ring (bicyclic) bond motifs is 1. The summed E-state index contributed by atoms with van der Waals surface area (Å²) in [7, 11) is 3.62. The van der Waals surface area contributed by atoms with Crippen molar-refractivity contribution in [2.24, 2.45) is 0 Å². The summed E-state index contributed by atoms with van der Waals surface area (Å²) in [6.45, 7) is 0.690. The number of rotatable bonds is 1. The number of hydrogen-bond acceptors (Lipinski definition) is 2. The van der Waals surface area contributed by atoms with Crippen molar-refractivity contribution in [3.63, 3.8) is 0 Å². The Labute approximate surface area is 105 Å². The monoisotopic (exact) mass is 245 g/mol. The fraction of sp³-hybridized carbons (Fsp3) is 0.385. The minimum absolute atomic E-state index is 0.0368. The first-order chi connectivity index (χ1) is 8.56. The van der Waals surface area contributed by atoms with Gasteiger partial charge >= 0.3 is 6.03 Å². The summed E-state index contributed by atoms with van der Waals surface area (Å²) in [6.07, 6.45) is 0.434. The van der Waals surface area contributed by atoms with E-state index in [2.05, 4.69) is 5.32 Å². The zero-order valence-corrected chi connectivity index (χ0v) is 10.4. The van der Waals surface area contributed by atoms with Crippen molar-refractivity contribution in [2.75, 3.05) is 26.0 Å². The van der Waals surface area contributed by atoms with Gasteiger partial charge in [0.05, 0.1) is 12.5 Å². The van der Waals surface area contributed by atoms with Crippen molar-refractivity contribution >= 4 is 17.6 Å². The number of likely N-dealkylation sites (N-methyl/N-ethyl adjacent to an activating group) is 2. The molecule has 3 amide bonds. The lowest BCUT2D eigenvalue weighted by Gasteiger charge is -2.18. The quantitative estimate of drug-likeness (QED) is 0.808. The van der Waals surface area contributed by atoms with Gasteiger partial charge in [-0.15, -0.1) is 0 Å². The van der Waals surface area contributed by atoms with E-state index in [9.17, 15) is 9.59 Å². The molecule has 1 atom stereocenters. The highest BCUT2D eigenvalue weighted by Gasteiger charge is 2.33. The van der Waals surface area contributed by atoms with Crippen LogP contribution in [0.4, 0.5) is 10.5 Å². The van der Waals surface area contributed by atoms with E-state index < -0.39 is 0 Å². The number of nitrogens with zero attached hydrogens (tertiary/aromatic N) is 2. The van der Waals surface area contributed by atoms with Gasteiger partial charge in [-0.25, -0.2) is 4.79 Å². The predicted octanol–water partition coefficient (Wildman–Crippen LogP) is 1.22. The van der Waals surface area contributed by atoms with E-state index in [1.807, 2.05) is 25.2 Å². The molecular weight excluding hydrogens is 230 g/mol. The Balaban J connectivity index is 1.93. The molecule has 1 saturated heterocycles. The van der Waals surface area contributed by atoms with Crippen LogP contribution in [0.2, 0.25) is 0 Å². The van der Waals surface area contributed by atoms with Gasteiger partial charge in [0.1, 0.15) is 0 Å². The molecule has 1 aromatic carbocycles. The third kappa shape index (κ3) is 1.54. The molecule has 2 aliphatic rings. The van der Waals surface area contributed by atoms with E-state index in [1.165, 1.54) is 0 Å². The smallest absolute Gasteiger partial charge is 0.320 e. The van der Waals surface area contributed by atoms with Gasteiger partial charge in [-0.2, -0.15) is 0 Å². The third-order valence-electron chi connectivity index (χ3n) is 3.68. The lowest BCUT2D eigenvalue weighted by atomic mass is 10.0. The van der Waals surface area contributed by atoms with Gasteiger partial charge in [-0.05, 0) is 17.2 Å². The summed E-state index contributed by atoms with van der Waals surface area (Å²) in [5.41, 5.74) is 3.00. The van der Waals surface area contributed by atoms with Crippen LogP contribution in [0.5, 0.6) is 0 Å². The normalized spacial score (nSPS) is 22.4. The van der Waals surface area contributed by atoms with Crippen LogP contribution in [-0.2, 0) is 11.2 Å². The molecule has 1 unspecified atom stereocenters. The maximum Gasteiger partial charge on any atom is 0.320 e. The Morgan fingerprint density at radius 2 is 2.06 bits per heavy atom. The fourth-order valence-corrected chi connectivity index (χ4v) is 2.65. The predicted molar refractivity (Wildman–Crippen MR) is 67.3 cm³/mol. The number of nitrogens with one attached hydrogen (secondary N) is 1. The van der Waals surface area contributed by atoms with Crippen molar-refractivity contribution in [1.82, 2.24) is 9.80 Å². The zero-order valence-electron chi connectivity index (χ0n) is 10.4. The number of anilines is 1. The highest BCUT2D eigenvalue weighted by atomic mass is 16.2. The minimum Gasteiger partial charge on any atom is -0.326 e. The molecule has 2 aliphatic heterocycles. The lowest BCUT2D eigenvalue weighted by molar-refractivity contribution is -0.115. The average Bonchev–Trinajstić information content (AvgIpc) is 2.82. The average molecular weight is 245 g/mol. The number of hydrogen-bond donors (Lipinski definition) is 1. The van der Waals surface area contributed by atoms with Crippen molar-refractivity contribution in [2.45, 2.75) is 12.5 Å². The van der Waals surface area contributed by atoms with Gasteiger partial charge in [-0.3, -0.25) is 4.79 Å². The van der Waals surface area contributed by atoms with Gasteiger partial charge in [0.15, 0.2) is 0 Å². The van der Waals surface area contributed by atoms with Crippen LogP contribution in [0, 0.1) is 0 Å². The second-order valence-corrected chi connectivity index (χ2v) is 4.93. The Morgan fingerprint density at radius 3 is 2.72 bits per heavy atom. The molecule has 0 bridgehead atoms. The maximum absolute atomic E-state index is 11.8. The molecule has 3 rings (SSSR count). The molecule has 5 nitrogen and oxygen atoms in total. The summed E-state index contributed by atoms with van der Waals surface area (Å²) in [5, 5.41) is 2.81. The second kappa shape index (κ2) is 3.73. The van der Waals surface area contributed by atoms with Gasteiger partial charge in [0.25, 0.3) is 0 Å². The summed E-state index contributed by atoms with van der Waals surface area (Å²) >= 11 is 0. The van der Waals surface area contributed by atoms with Crippen LogP contribution in [0.3, 0.4) is 0 Å². The lowest BCUT2D eigenvalue weighted by Crippen LogP contribution is -2.26. The molecule has 1 aromatic rings. The van der Waals surface area contributed by atoms with Crippen LogP contribution in [-0.4, -0.2) is 42.4 Å². The molecule has 0 saturated carbocycles. The van der Waals surface area contributed by atoms with Crippen molar-refractivity contribution < 1.29 is 9.59 Å². The number of urea groups is 1. The minimum atomic E-state index is 0.0368. The van der Waals surface area contributed by atoms with Crippen LogP contribution < -0.4 is 5.32 Å². The van der Waals surface area contributed by atoms with Gasteiger partial charge in [0, 0.05) is 26.3 Å². The van der Waals surface area contributed by atoms with Crippen LogP contribution >= 0.6 is 0 Å². The molecule has 0 aromatic heterocycles. The van der Waals surface area contributed by atoms with Crippen LogP contribution in [0.25, 0.3) is 0 Å². The topological polar surface area (TPSA) is 52.7 Å². The molecule has 2 heterocycles. The van der Waals surface area contributed by atoms with Crippen LogP contribution in [0.1, 0.15) is 17.2 Å². The molecule has 0 radical (unpaired) electrons. The van der Waals surface area contributed by atoms with E-state index in [4.69, 9.17) is 0 Å². The number of carbonyl (C=O) groups is 2. The largest absolute Gasteiger partial charge is 0.326 e. The van der Waals surface area contributed by atoms with E-state index in [-0.39, 0.29) is 18.0 Å². The first-order valence-corrected chi connectivity index (χ1v) is 5.97. The number of carbonyl (C=O) groups excluding carboxylic acids is 2. The highest BCUT2D eigenvalue weighted by molar-refractivity contribution is 5.99.